The monoisotopic (exact) mass is 534 g/mol. The SMILES string of the molecule is Cc1nc2ccccn2c1C(O)=C1C(=O)C(=O)N(c2nc3ccc(Cl)cc3s2)C1c1ccc(Cl)cc1. The van der Waals surface area contributed by atoms with Crippen LogP contribution in [-0.2, 0) is 9.59 Å². The predicted molar refractivity (Wildman–Crippen MR) is 141 cm³/mol. The van der Waals surface area contributed by atoms with Gasteiger partial charge in [0.2, 0.25) is 0 Å². The number of benzene rings is 2. The minimum absolute atomic E-state index is 0.0478. The highest BCUT2D eigenvalue weighted by Crippen LogP contribution is 2.45. The number of ketones is 1. The fraction of sp³-hybridized carbons (Fsp3) is 0.0769. The number of aromatic nitrogens is 3. The molecular weight excluding hydrogens is 519 g/mol. The second-order valence-electron chi connectivity index (χ2n) is 8.30. The van der Waals surface area contributed by atoms with Crippen LogP contribution in [0.1, 0.15) is 23.0 Å². The summed E-state index contributed by atoms with van der Waals surface area (Å²) in [6.45, 7) is 1.74. The van der Waals surface area contributed by atoms with Crippen molar-refractivity contribution in [1.29, 1.82) is 0 Å². The van der Waals surface area contributed by atoms with E-state index < -0.39 is 17.7 Å². The topological polar surface area (TPSA) is 87.8 Å². The standard InChI is InChI=1S/C26H16Cl2N4O3S/c1-13-21(31-11-3-2-4-19(31)29-13)23(33)20-22(14-5-7-15(27)8-6-14)32(25(35)24(20)34)26-30-17-10-9-16(28)12-18(17)36-26/h2-12,22,33H,1H3. The van der Waals surface area contributed by atoms with Crippen LogP contribution >= 0.6 is 34.5 Å². The van der Waals surface area contributed by atoms with Crippen molar-refractivity contribution in [2.45, 2.75) is 13.0 Å². The van der Waals surface area contributed by atoms with E-state index in [2.05, 4.69) is 9.97 Å². The number of hydrogen-bond donors (Lipinski definition) is 1. The lowest BCUT2D eigenvalue weighted by molar-refractivity contribution is -0.132. The van der Waals surface area contributed by atoms with Crippen molar-refractivity contribution in [2.24, 2.45) is 0 Å². The van der Waals surface area contributed by atoms with Gasteiger partial charge in [-0.3, -0.25) is 18.9 Å². The average Bonchev–Trinajstić information content (AvgIpc) is 3.50. The molecule has 1 saturated heterocycles. The summed E-state index contributed by atoms with van der Waals surface area (Å²) in [5.74, 6) is -1.90. The van der Waals surface area contributed by atoms with E-state index in [0.29, 0.717) is 43.3 Å². The molecule has 0 bridgehead atoms. The number of pyridine rings is 1. The highest BCUT2D eigenvalue weighted by Gasteiger charge is 2.48. The Hall–Kier alpha value is -3.72. The molecule has 6 rings (SSSR count). The van der Waals surface area contributed by atoms with Crippen LogP contribution in [0.2, 0.25) is 10.0 Å². The number of aliphatic hydroxyl groups is 1. The van der Waals surface area contributed by atoms with E-state index >= 15 is 0 Å². The number of fused-ring (bicyclic) bond motifs is 2. The minimum atomic E-state index is -0.924. The van der Waals surface area contributed by atoms with Crippen molar-refractivity contribution in [3.8, 4) is 0 Å². The molecule has 0 aliphatic carbocycles. The maximum atomic E-state index is 13.5. The van der Waals surface area contributed by atoms with E-state index in [-0.39, 0.29) is 11.3 Å². The van der Waals surface area contributed by atoms with E-state index in [1.807, 2.05) is 6.07 Å². The van der Waals surface area contributed by atoms with Gasteiger partial charge in [-0.25, -0.2) is 9.97 Å². The highest BCUT2D eigenvalue weighted by molar-refractivity contribution is 7.22. The molecule has 36 heavy (non-hydrogen) atoms. The van der Waals surface area contributed by atoms with Crippen molar-refractivity contribution in [3.63, 3.8) is 0 Å². The van der Waals surface area contributed by atoms with Crippen LogP contribution in [0, 0.1) is 6.92 Å². The molecule has 178 valence electrons. The number of halogens is 2. The van der Waals surface area contributed by atoms with Gasteiger partial charge in [0, 0.05) is 16.2 Å². The Morgan fingerprint density at radius 2 is 1.75 bits per heavy atom. The van der Waals surface area contributed by atoms with E-state index in [9.17, 15) is 14.7 Å². The number of amides is 1. The molecule has 1 N–H and O–H groups in total. The lowest BCUT2D eigenvalue weighted by Crippen LogP contribution is -2.29. The van der Waals surface area contributed by atoms with Crippen molar-refractivity contribution in [3.05, 3.63) is 99.4 Å². The Labute approximate surface area is 218 Å². The molecule has 1 atom stereocenters. The van der Waals surface area contributed by atoms with E-state index in [4.69, 9.17) is 23.2 Å². The third kappa shape index (κ3) is 3.49. The molecule has 4 heterocycles. The van der Waals surface area contributed by atoms with Crippen LogP contribution < -0.4 is 4.90 Å². The number of aryl methyl sites for hydroxylation is 1. The summed E-state index contributed by atoms with van der Waals surface area (Å²) < 4.78 is 2.46. The van der Waals surface area contributed by atoms with Gasteiger partial charge in [0.1, 0.15) is 11.3 Å². The Balaban J connectivity index is 1.61. The zero-order valence-corrected chi connectivity index (χ0v) is 21.0. The van der Waals surface area contributed by atoms with Gasteiger partial charge in [-0.2, -0.15) is 0 Å². The highest BCUT2D eigenvalue weighted by atomic mass is 35.5. The molecule has 0 spiro atoms. The Morgan fingerprint density at radius 3 is 2.53 bits per heavy atom. The largest absolute Gasteiger partial charge is 0.505 e. The second-order valence-corrected chi connectivity index (χ2v) is 10.2. The lowest BCUT2D eigenvalue weighted by atomic mass is 9.96. The molecule has 2 aromatic carbocycles. The number of aliphatic hydroxyl groups excluding tert-OH is 1. The summed E-state index contributed by atoms with van der Waals surface area (Å²) in [4.78, 5) is 37.4. The van der Waals surface area contributed by atoms with E-state index in [1.54, 1.807) is 72.1 Å². The quantitative estimate of drug-likeness (QED) is 0.169. The molecule has 1 amide bonds. The summed E-state index contributed by atoms with van der Waals surface area (Å²) in [6.07, 6.45) is 1.75. The smallest absolute Gasteiger partial charge is 0.301 e. The van der Waals surface area contributed by atoms with Crippen molar-refractivity contribution >= 4 is 73.0 Å². The number of anilines is 1. The number of nitrogens with zero attached hydrogens (tertiary/aromatic N) is 4. The predicted octanol–water partition coefficient (Wildman–Crippen LogP) is 6.19. The molecule has 1 aliphatic heterocycles. The fourth-order valence-electron chi connectivity index (χ4n) is 4.51. The number of Topliss-reactive ketones (excluding diaryl/α,β-unsaturated/α-hetero) is 1. The van der Waals surface area contributed by atoms with Crippen LogP contribution in [0.5, 0.6) is 0 Å². The normalized spacial score (nSPS) is 17.5. The van der Waals surface area contributed by atoms with E-state index in [1.165, 1.54) is 16.2 Å². The fourth-order valence-corrected chi connectivity index (χ4v) is 5.90. The molecule has 0 saturated carbocycles. The zero-order valence-electron chi connectivity index (χ0n) is 18.6. The molecule has 1 aliphatic rings. The van der Waals surface area contributed by atoms with Crippen molar-refractivity contribution in [1.82, 2.24) is 14.4 Å². The molecule has 0 radical (unpaired) electrons. The number of rotatable bonds is 3. The van der Waals surface area contributed by atoms with Crippen LogP contribution in [-0.4, -0.2) is 31.2 Å². The molecule has 1 fully saturated rings. The zero-order chi connectivity index (χ0) is 25.1. The maximum Gasteiger partial charge on any atom is 0.301 e. The molecule has 5 aromatic rings. The number of imidazole rings is 1. The van der Waals surface area contributed by atoms with E-state index in [0.717, 1.165) is 4.70 Å². The summed E-state index contributed by atoms with van der Waals surface area (Å²) in [6, 6.07) is 16.5. The summed E-state index contributed by atoms with van der Waals surface area (Å²) >= 11 is 13.5. The van der Waals surface area contributed by atoms with Crippen LogP contribution in [0.3, 0.4) is 0 Å². The molecule has 10 heteroatoms. The molecule has 1 unspecified atom stereocenters. The number of hydrogen-bond acceptors (Lipinski definition) is 6. The van der Waals surface area contributed by atoms with Crippen molar-refractivity contribution < 1.29 is 14.7 Å². The number of carbonyl (C=O) groups excluding carboxylic acids is 2. The third-order valence-corrected chi connectivity index (χ3v) is 7.61. The lowest BCUT2D eigenvalue weighted by Gasteiger charge is -2.23. The van der Waals surface area contributed by atoms with Gasteiger partial charge >= 0.3 is 5.91 Å². The van der Waals surface area contributed by atoms with Gasteiger partial charge in [-0.15, -0.1) is 0 Å². The maximum absolute atomic E-state index is 13.5. The Kier molecular flexibility index (Phi) is 5.33. The average molecular weight is 535 g/mol. The summed E-state index contributed by atoms with van der Waals surface area (Å²) in [7, 11) is 0. The minimum Gasteiger partial charge on any atom is -0.505 e. The van der Waals surface area contributed by atoms with Gasteiger partial charge in [0.05, 0.1) is 27.5 Å². The molecule has 3 aromatic heterocycles. The van der Waals surface area contributed by atoms with Crippen LogP contribution in [0.25, 0.3) is 21.6 Å². The molecule has 7 nitrogen and oxygen atoms in total. The van der Waals surface area contributed by atoms with Crippen molar-refractivity contribution in [2.75, 3.05) is 4.90 Å². The first-order valence-corrected chi connectivity index (χ1v) is 12.5. The molecular formula is C26H16Cl2N4O3S. The van der Waals surface area contributed by atoms with Crippen LogP contribution in [0.4, 0.5) is 5.13 Å². The first-order valence-electron chi connectivity index (χ1n) is 10.9. The first-order chi connectivity index (χ1) is 17.3. The van der Waals surface area contributed by atoms with Gasteiger partial charge in [-0.1, -0.05) is 52.7 Å². The summed E-state index contributed by atoms with van der Waals surface area (Å²) in [5.41, 5.74) is 2.68. The number of thiazole rings is 1. The van der Waals surface area contributed by atoms with Gasteiger partial charge in [-0.05, 0) is 55.0 Å². The Morgan fingerprint density at radius 1 is 1.00 bits per heavy atom. The summed E-state index contributed by atoms with van der Waals surface area (Å²) in [5, 5.41) is 12.9. The second kappa shape index (κ2) is 8.44. The van der Waals surface area contributed by atoms with Gasteiger partial charge in [0.25, 0.3) is 5.78 Å². The van der Waals surface area contributed by atoms with Crippen LogP contribution in [0.15, 0.2) is 72.4 Å². The Bertz CT molecular complexity index is 1740. The third-order valence-electron chi connectivity index (χ3n) is 6.10. The number of carbonyl (C=O) groups is 2. The van der Waals surface area contributed by atoms with Gasteiger partial charge in [0.15, 0.2) is 10.9 Å². The van der Waals surface area contributed by atoms with Gasteiger partial charge < -0.3 is 5.11 Å². The first kappa shape index (κ1) is 22.7.